The normalized spacial score (nSPS) is 11.6. The number of nitro benzene ring substituents is 1. The van der Waals surface area contributed by atoms with Crippen molar-refractivity contribution >= 4 is 34.8 Å². The van der Waals surface area contributed by atoms with Crippen LogP contribution in [0, 0.1) is 10.1 Å². The maximum absolute atomic E-state index is 10.7. The molecule has 28 heavy (non-hydrogen) atoms. The van der Waals surface area contributed by atoms with E-state index in [1.54, 1.807) is 36.8 Å². The van der Waals surface area contributed by atoms with E-state index < -0.39 is 4.92 Å². The number of rotatable bonds is 5. The van der Waals surface area contributed by atoms with E-state index in [0.717, 1.165) is 22.3 Å². The summed E-state index contributed by atoms with van der Waals surface area (Å²) >= 11 is 0. The summed E-state index contributed by atoms with van der Waals surface area (Å²) in [4.78, 5) is 23.1. The maximum atomic E-state index is 10.7. The van der Waals surface area contributed by atoms with Crippen molar-refractivity contribution in [3.63, 3.8) is 0 Å². The van der Waals surface area contributed by atoms with Gasteiger partial charge in [-0.25, -0.2) is 4.98 Å². The van der Waals surface area contributed by atoms with Crippen LogP contribution in [-0.4, -0.2) is 21.1 Å². The van der Waals surface area contributed by atoms with Crippen LogP contribution in [0.25, 0.3) is 28.6 Å². The van der Waals surface area contributed by atoms with E-state index in [1.165, 1.54) is 12.1 Å². The Bertz CT molecular complexity index is 1180. The second-order valence-corrected chi connectivity index (χ2v) is 5.89. The summed E-state index contributed by atoms with van der Waals surface area (Å²) in [6, 6.07) is 15.5. The molecule has 0 bridgehead atoms. The van der Waals surface area contributed by atoms with E-state index in [4.69, 9.17) is 4.42 Å². The number of non-ortho nitro benzene ring substituents is 1. The lowest BCUT2D eigenvalue weighted by Crippen LogP contribution is -1.86. The summed E-state index contributed by atoms with van der Waals surface area (Å²) in [7, 11) is 0. The summed E-state index contributed by atoms with van der Waals surface area (Å²) in [6.45, 7) is 0. The van der Waals surface area contributed by atoms with Crippen molar-refractivity contribution in [2.45, 2.75) is 0 Å². The fourth-order valence-electron chi connectivity index (χ4n) is 2.60. The van der Waals surface area contributed by atoms with Gasteiger partial charge in [-0.05, 0) is 54.1 Å². The number of allylic oxidation sites excluding steroid dienone is 1. The third kappa shape index (κ3) is 3.83. The molecule has 0 N–H and O–H groups in total. The molecule has 0 fully saturated rings. The zero-order valence-corrected chi connectivity index (χ0v) is 14.6. The summed E-state index contributed by atoms with van der Waals surface area (Å²) in [5.41, 5.74) is 3.94. The van der Waals surface area contributed by atoms with Crippen LogP contribution in [-0.2, 0) is 0 Å². The quantitative estimate of drug-likeness (QED) is 0.273. The average Bonchev–Trinajstić information content (AvgIpc) is 3.16. The number of oxazole rings is 1. The first-order chi connectivity index (χ1) is 13.7. The molecule has 0 aliphatic rings. The first-order valence-electron chi connectivity index (χ1n) is 8.45. The summed E-state index contributed by atoms with van der Waals surface area (Å²) in [5, 5.41) is 10.7. The van der Waals surface area contributed by atoms with E-state index in [-0.39, 0.29) is 5.69 Å². The maximum Gasteiger partial charge on any atom is 0.269 e. The summed E-state index contributed by atoms with van der Waals surface area (Å²) in [5.74, 6) is 0.539. The SMILES string of the molecule is O=[N+]([O-])c1ccc(/C=C/C=Nc2ccc3oc(-c4ccncc4)nc3c2)cc1. The molecule has 0 saturated heterocycles. The van der Waals surface area contributed by atoms with Crippen molar-refractivity contribution in [2.75, 3.05) is 0 Å². The molecule has 136 valence electrons. The lowest BCUT2D eigenvalue weighted by atomic mass is 10.2. The molecule has 7 nitrogen and oxygen atoms in total. The Labute approximate surface area is 159 Å². The monoisotopic (exact) mass is 370 g/mol. The van der Waals surface area contributed by atoms with Crippen molar-refractivity contribution in [3.8, 4) is 11.5 Å². The minimum atomic E-state index is -0.422. The first kappa shape index (κ1) is 17.3. The molecule has 2 heterocycles. The Morgan fingerprint density at radius 3 is 2.57 bits per heavy atom. The van der Waals surface area contributed by atoms with Gasteiger partial charge in [0, 0.05) is 36.3 Å². The lowest BCUT2D eigenvalue weighted by Gasteiger charge is -1.93. The van der Waals surface area contributed by atoms with Gasteiger partial charge in [0.05, 0.1) is 10.6 Å². The van der Waals surface area contributed by atoms with Crippen LogP contribution in [0.2, 0.25) is 0 Å². The van der Waals surface area contributed by atoms with E-state index >= 15 is 0 Å². The van der Waals surface area contributed by atoms with E-state index in [0.29, 0.717) is 11.5 Å². The van der Waals surface area contributed by atoms with Gasteiger partial charge >= 0.3 is 0 Å². The molecule has 0 aliphatic carbocycles. The molecular weight excluding hydrogens is 356 g/mol. The molecule has 4 aromatic rings. The second-order valence-electron chi connectivity index (χ2n) is 5.89. The number of pyridine rings is 1. The van der Waals surface area contributed by atoms with Crippen LogP contribution in [0.3, 0.4) is 0 Å². The Morgan fingerprint density at radius 2 is 1.82 bits per heavy atom. The molecule has 4 rings (SSSR count). The van der Waals surface area contributed by atoms with Crippen molar-refractivity contribution in [1.29, 1.82) is 0 Å². The van der Waals surface area contributed by atoms with E-state index in [1.807, 2.05) is 36.4 Å². The fraction of sp³-hybridized carbons (Fsp3) is 0. The smallest absolute Gasteiger partial charge is 0.269 e. The van der Waals surface area contributed by atoms with Gasteiger partial charge in [-0.3, -0.25) is 20.1 Å². The highest BCUT2D eigenvalue weighted by molar-refractivity contribution is 5.83. The van der Waals surface area contributed by atoms with Crippen LogP contribution >= 0.6 is 0 Å². The minimum Gasteiger partial charge on any atom is -0.436 e. The lowest BCUT2D eigenvalue weighted by molar-refractivity contribution is -0.384. The van der Waals surface area contributed by atoms with Gasteiger partial charge < -0.3 is 4.42 Å². The molecule has 2 aromatic carbocycles. The van der Waals surface area contributed by atoms with Gasteiger partial charge in [0.25, 0.3) is 5.69 Å². The molecular formula is C21H14N4O3. The molecule has 0 unspecified atom stereocenters. The minimum absolute atomic E-state index is 0.0675. The van der Waals surface area contributed by atoms with Gasteiger partial charge in [0.15, 0.2) is 5.58 Å². The molecule has 0 atom stereocenters. The van der Waals surface area contributed by atoms with Crippen LogP contribution in [0.15, 0.2) is 82.5 Å². The third-order valence-electron chi connectivity index (χ3n) is 4.00. The molecule has 0 saturated carbocycles. The van der Waals surface area contributed by atoms with Crippen molar-refractivity contribution in [1.82, 2.24) is 9.97 Å². The average molecular weight is 370 g/mol. The highest BCUT2D eigenvalue weighted by Gasteiger charge is 2.08. The molecule has 0 radical (unpaired) electrons. The van der Waals surface area contributed by atoms with Crippen LogP contribution in [0.5, 0.6) is 0 Å². The predicted octanol–water partition coefficient (Wildman–Crippen LogP) is 5.21. The molecule has 0 spiro atoms. The van der Waals surface area contributed by atoms with Crippen LogP contribution in [0.4, 0.5) is 11.4 Å². The number of aliphatic imine (C=N–C) groups is 1. The molecule has 0 amide bonds. The fourth-order valence-corrected chi connectivity index (χ4v) is 2.60. The predicted molar refractivity (Wildman–Crippen MR) is 108 cm³/mol. The number of hydrogen-bond donors (Lipinski definition) is 0. The molecule has 2 aromatic heterocycles. The summed E-state index contributed by atoms with van der Waals surface area (Å²) < 4.78 is 5.77. The Hall–Kier alpha value is -4.13. The highest BCUT2D eigenvalue weighted by Crippen LogP contribution is 2.26. The van der Waals surface area contributed by atoms with E-state index in [9.17, 15) is 10.1 Å². The van der Waals surface area contributed by atoms with Gasteiger partial charge in [0.1, 0.15) is 5.52 Å². The van der Waals surface area contributed by atoms with Crippen molar-refractivity contribution in [3.05, 3.63) is 88.7 Å². The van der Waals surface area contributed by atoms with Gasteiger partial charge in [-0.15, -0.1) is 0 Å². The van der Waals surface area contributed by atoms with Crippen molar-refractivity contribution < 1.29 is 9.34 Å². The van der Waals surface area contributed by atoms with Gasteiger partial charge in [-0.1, -0.05) is 6.08 Å². The van der Waals surface area contributed by atoms with Gasteiger partial charge in [-0.2, -0.15) is 0 Å². The third-order valence-corrected chi connectivity index (χ3v) is 4.00. The Balaban J connectivity index is 1.49. The number of nitro groups is 1. The second kappa shape index (κ2) is 7.63. The first-order valence-corrected chi connectivity index (χ1v) is 8.45. The van der Waals surface area contributed by atoms with Crippen LogP contribution < -0.4 is 0 Å². The number of aromatic nitrogens is 2. The number of nitrogens with zero attached hydrogens (tertiary/aromatic N) is 4. The summed E-state index contributed by atoms with van der Waals surface area (Å²) in [6.07, 6.45) is 8.64. The molecule has 7 heteroatoms. The Morgan fingerprint density at radius 1 is 1.04 bits per heavy atom. The zero-order chi connectivity index (χ0) is 19.3. The van der Waals surface area contributed by atoms with Gasteiger partial charge in [0.2, 0.25) is 5.89 Å². The Kier molecular flexibility index (Phi) is 4.71. The van der Waals surface area contributed by atoms with E-state index in [2.05, 4.69) is 15.0 Å². The highest BCUT2D eigenvalue weighted by atomic mass is 16.6. The zero-order valence-electron chi connectivity index (χ0n) is 14.6. The number of benzene rings is 2. The number of hydrogen-bond acceptors (Lipinski definition) is 6. The standard InChI is InChI=1S/C21H14N4O3/c26-25(27)18-6-3-15(4-7-18)2-1-11-23-17-5-8-20-19(14-17)24-21(28-20)16-9-12-22-13-10-16/h1-14H/b2-1+,23-11?. The van der Waals surface area contributed by atoms with Crippen molar-refractivity contribution in [2.24, 2.45) is 4.99 Å². The topological polar surface area (TPSA) is 94.4 Å². The number of fused-ring (bicyclic) bond motifs is 1. The van der Waals surface area contributed by atoms with Crippen LogP contribution in [0.1, 0.15) is 5.56 Å². The molecule has 0 aliphatic heterocycles. The largest absolute Gasteiger partial charge is 0.436 e.